The lowest BCUT2D eigenvalue weighted by Gasteiger charge is -2.05. The Morgan fingerprint density at radius 1 is 1.05 bits per heavy atom. The zero-order valence-electron chi connectivity index (χ0n) is 11.7. The van der Waals surface area contributed by atoms with E-state index in [1.54, 1.807) is 30.2 Å². The number of rotatable bonds is 4. The molecule has 22 heavy (non-hydrogen) atoms. The van der Waals surface area contributed by atoms with Crippen LogP contribution in [0, 0.1) is 0 Å². The average molecular weight is 351 g/mol. The monoisotopic (exact) mass is 350 g/mol. The zero-order valence-corrected chi connectivity index (χ0v) is 14.0. The van der Waals surface area contributed by atoms with E-state index in [2.05, 4.69) is 15.2 Å². The van der Waals surface area contributed by atoms with Crippen molar-refractivity contribution in [2.75, 3.05) is 0 Å². The van der Waals surface area contributed by atoms with Crippen LogP contribution in [0.3, 0.4) is 0 Å². The quantitative estimate of drug-likeness (QED) is 0.650. The van der Waals surface area contributed by atoms with Gasteiger partial charge in [-0.05, 0) is 29.8 Å². The summed E-state index contributed by atoms with van der Waals surface area (Å²) in [5.74, 6) is 1.57. The van der Waals surface area contributed by atoms with Gasteiger partial charge in [0.25, 0.3) is 0 Å². The number of aromatic nitrogens is 4. The SMILES string of the molecule is Cn1c(SCc2ccc(Cl)c(Cl)c2)nnc1-c1ccncc1. The molecule has 0 saturated heterocycles. The van der Waals surface area contributed by atoms with Gasteiger partial charge >= 0.3 is 0 Å². The second-order valence-electron chi connectivity index (χ2n) is 4.64. The molecule has 0 N–H and O–H groups in total. The van der Waals surface area contributed by atoms with E-state index in [1.165, 1.54) is 0 Å². The summed E-state index contributed by atoms with van der Waals surface area (Å²) in [4.78, 5) is 4.01. The van der Waals surface area contributed by atoms with Crippen LogP contribution in [0.25, 0.3) is 11.4 Å². The predicted molar refractivity (Wildman–Crippen MR) is 90.3 cm³/mol. The molecule has 0 amide bonds. The molecule has 0 saturated carbocycles. The summed E-state index contributed by atoms with van der Waals surface area (Å²) in [6.45, 7) is 0. The van der Waals surface area contributed by atoms with Crippen molar-refractivity contribution in [1.29, 1.82) is 0 Å². The van der Waals surface area contributed by atoms with Crippen molar-refractivity contribution in [3.63, 3.8) is 0 Å². The minimum Gasteiger partial charge on any atom is -0.305 e. The lowest BCUT2D eigenvalue weighted by Crippen LogP contribution is -1.95. The van der Waals surface area contributed by atoms with Crippen molar-refractivity contribution >= 4 is 35.0 Å². The van der Waals surface area contributed by atoms with Gasteiger partial charge in [-0.15, -0.1) is 10.2 Å². The summed E-state index contributed by atoms with van der Waals surface area (Å²) in [6.07, 6.45) is 3.49. The lowest BCUT2D eigenvalue weighted by molar-refractivity contribution is 0.793. The predicted octanol–water partition coefficient (Wildman–Crippen LogP) is 4.48. The number of nitrogens with zero attached hydrogens (tertiary/aromatic N) is 4. The van der Waals surface area contributed by atoms with Gasteiger partial charge in [0, 0.05) is 30.8 Å². The second-order valence-corrected chi connectivity index (χ2v) is 6.40. The van der Waals surface area contributed by atoms with Crippen molar-refractivity contribution in [1.82, 2.24) is 19.7 Å². The van der Waals surface area contributed by atoms with Crippen molar-refractivity contribution < 1.29 is 0 Å². The van der Waals surface area contributed by atoms with Crippen LogP contribution in [0.5, 0.6) is 0 Å². The largest absolute Gasteiger partial charge is 0.305 e. The van der Waals surface area contributed by atoms with E-state index in [0.29, 0.717) is 10.0 Å². The van der Waals surface area contributed by atoms with E-state index in [9.17, 15) is 0 Å². The fraction of sp³-hybridized carbons (Fsp3) is 0.133. The van der Waals surface area contributed by atoms with Crippen molar-refractivity contribution in [2.24, 2.45) is 7.05 Å². The summed E-state index contributed by atoms with van der Waals surface area (Å²) in [7, 11) is 1.95. The van der Waals surface area contributed by atoms with Crippen LogP contribution >= 0.6 is 35.0 Å². The molecule has 2 heterocycles. The summed E-state index contributed by atoms with van der Waals surface area (Å²) in [6, 6.07) is 9.46. The standard InChI is InChI=1S/C15H12Cl2N4S/c1-21-14(11-4-6-18-7-5-11)19-20-15(21)22-9-10-2-3-12(16)13(17)8-10/h2-8H,9H2,1H3. The first-order chi connectivity index (χ1) is 10.6. The second kappa shape index (κ2) is 6.69. The Labute approximate surface area is 142 Å². The first-order valence-corrected chi connectivity index (χ1v) is 8.26. The van der Waals surface area contributed by atoms with Crippen LogP contribution in [-0.2, 0) is 12.8 Å². The summed E-state index contributed by atoms with van der Waals surface area (Å²) in [5, 5.41) is 10.5. The van der Waals surface area contributed by atoms with Gasteiger partial charge in [0.05, 0.1) is 10.0 Å². The molecule has 0 atom stereocenters. The maximum atomic E-state index is 6.03. The Hall–Kier alpha value is -1.56. The fourth-order valence-electron chi connectivity index (χ4n) is 1.97. The molecule has 0 aliphatic rings. The summed E-state index contributed by atoms with van der Waals surface area (Å²) in [5.41, 5.74) is 2.08. The molecule has 3 rings (SSSR count). The first kappa shape index (κ1) is 15.3. The third kappa shape index (κ3) is 3.27. The number of halogens is 2. The highest BCUT2D eigenvalue weighted by molar-refractivity contribution is 7.98. The maximum Gasteiger partial charge on any atom is 0.191 e. The molecule has 0 aliphatic carbocycles. The Bertz CT molecular complexity index is 789. The minimum atomic E-state index is 0.564. The molecule has 2 aromatic heterocycles. The van der Waals surface area contributed by atoms with Crippen LogP contribution in [0.4, 0.5) is 0 Å². The molecule has 112 valence electrons. The highest BCUT2D eigenvalue weighted by atomic mass is 35.5. The van der Waals surface area contributed by atoms with Gasteiger partial charge in [-0.2, -0.15) is 0 Å². The molecule has 7 heteroatoms. The highest BCUT2D eigenvalue weighted by Crippen LogP contribution is 2.28. The van der Waals surface area contributed by atoms with Crippen LogP contribution in [-0.4, -0.2) is 19.7 Å². The topological polar surface area (TPSA) is 43.6 Å². The zero-order chi connectivity index (χ0) is 15.5. The third-order valence-corrected chi connectivity index (χ3v) is 4.96. The number of hydrogen-bond acceptors (Lipinski definition) is 4. The molecule has 1 aromatic carbocycles. The molecule has 0 radical (unpaired) electrons. The van der Waals surface area contributed by atoms with Crippen LogP contribution in [0.1, 0.15) is 5.56 Å². The number of thioether (sulfide) groups is 1. The van der Waals surface area contributed by atoms with Crippen LogP contribution in [0.15, 0.2) is 47.9 Å². The number of hydrogen-bond donors (Lipinski definition) is 0. The minimum absolute atomic E-state index is 0.564. The smallest absolute Gasteiger partial charge is 0.191 e. The van der Waals surface area contributed by atoms with Crippen LogP contribution < -0.4 is 0 Å². The van der Waals surface area contributed by atoms with Gasteiger partial charge in [-0.1, -0.05) is 41.0 Å². The molecule has 0 fully saturated rings. The third-order valence-electron chi connectivity index (χ3n) is 3.13. The van der Waals surface area contributed by atoms with Gasteiger partial charge < -0.3 is 4.57 Å². The average Bonchev–Trinajstić information content (AvgIpc) is 2.90. The lowest BCUT2D eigenvalue weighted by atomic mass is 10.2. The molecule has 3 aromatic rings. The van der Waals surface area contributed by atoms with E-state index in [1.807, 2.05) is 35.9 Å². The van der Waals surface area contributed by atoms with E-state index >= 15 is 0 Å². The van der Waals surface area contributed by atoms with E-state index < -0.39 is 0 Å². The van der Waals surface area contributed by atoms with E-state index in [0.717, 1.165) is 27.9 Å². The van der Waals surface area contributed by atoms with Gasteiger partial charge in [0.1, 0.15) is 0 Å². The van der Waals surface area contributed by atoms with Crippen LogP contribution in [0.2, 0.25) is 10.0 Å². The van der Waals surface area contributed by atoms with Gasteiger partial charge in [0.15, 0.2) is 11.0 Å². The Kier molecular flexibility index (Phi) is 4.66. The van der Waals surface area contributed by atoms with Gasteiger partial charge in [0.2, 0.25) is 0 Å². The van der Waals surface area contributed by atoms with E-state index in [-0.39, 0.29) is 0 Å². The summed E-state index contributed by atoms with van der Waals surface area (Å²) >= 11 is 13.6. The normalized spacial score (nSPS) is 10.9. The molecule has 0 bridgehead atoms. The Balaban J connectivity index is 1.76. The molecule has 0 aliphatic heterocycles. The van der Waals surface area contributed by atoms with Crippen molar-refractivity contribution in [3.05, 3.63) is 58.3 Å². The van der Waals surface area contributed by atoms with Crippen molar-refractivity contribution in [2.45, 2.75) is 10.9 Å². The first-order valence-electron chi connectivity index (χ1n) is 6.51. The molecular weight excluding hydrogens is 339 g/mol. The summed E-state index contributed by atoms with van der Waals surface area (Å²) < 4.78 is 1.97. The van der Waals surface area contributed by atoms with Crippen molar-refractivity contribution in [3.8, 4) is 11.4 Å². The Morgan fingerprint density at radius 2 is 1.82 bits per heavy atom. The Morgan fingerprint density at radius 3 is 2.55 bits per heavy atom. The molecular formula is C15H12Cl2N4S. The number of benzene rings is 1. The number of pyridine rings is 1. The van der Waals surface area contributed by atoms with Gasteiger partial charge in [-0.25, -0.2) is 0 Å². The van der Waals surface area contributed by atoms with Gasteiger partial charge in [-0.3, -0.25) is 4.98 Å². The fourth-order valence-corrected chi connectivity index (χ4v) is 3.14. The van der Waals surface area contributed by atoms with E-state index in [4.69, 9.17) is 23.2 Å². The molecule has 4 nitrogen and oxygen atoms in total. The molecule has 0 spiro atoms. The molecule has 0 unspecified atom stereocenters. The highest BCUT2D eigenvalue weighted by Gasteiger charge is 2.11. The maximum absolute atomic E-state index is 6.03.